The van der Waals surface area contributed by atoms with E-state index in [9.17, 15) is 9.18 Å². The fraction of sp³-hybridized carbons (Fsp3) is 0.250. The molecule has 0 radical (unpaired) electrons. The van der Waals surface area contributed by atoms with Crippen molar-refractivity contribution in [1.29, 1.82) is 0 Å². The van der Waals surface area contributed by atoms with Gasteiger partial charge in [0.25, 0.3) is 0 Å². The average molecular weight is 368 g/mol. The van der Waals surface area contributed by atoms with Crippen LogP contribution in [0.25, 0.3) is 21.9 Å². The molecule has 3 aromatic rings. The third-order valence-corrected chi connectivity index (χ3v) is 3.97. The molecule has 0 unspecified atom stereocenters. The van der Waals surface area contributed by atoms with Crippen LogP contribution in [-0.4, -0.2) is 21.7 Å². The van der Waals surface area contributed by atoms with Crippen LogP contribution in [0.5, 0.6) is 0 Å². The second-order valence-corrected chi connectivity index (χ2v) is 7.27. The smallest absolute Gasteiger partial charge is 0.412 e. The summed E-state index contributed by atoms with van der Waals surface area (Å²) in [4.78, 5) is 20.2. The van der Waals surface area contributed by atoms with Gasteiger partial charge in [0.2, 0.25) is 0 Å². The third kappa shape index (κ3) is 4.13. The van der Waals surface area contributed by atoms with Crippen molar-refractivity contribution < 1.29 is 13.9 Å². The molecule has 0 aliphatic carbocycles. The van der Waals surface area contributed by atoms with Crippen LogP contribution in [0.1, 0.15) is 26.3 Å². The van der Waals surface area contributed by atoms with Gasteiger partial charge in [0, 0.05) is 28.9 Å². The summed E-state index contributed by atoms with van der Waals surface area (Å²) in [6.45, 7) is 7.12. The van der Waals surface area contributed by atoms with Gasteiger partial charge >= 0.3 is 6.09 Å². The number of hydrogen-bond acceptors (Lipinski definition) is 5. The number of fused-ring (bicyclic) bond motifs is 1. The zero-order chi connectivity index (χ0) is 19.8. The second kappa shape index (κ2) is 6.83. The van der Waals surface area contributed by atoms with Gasteiger partial charge in [0.1, 0.15) is 17.2 Å². The number of nitrogens with zero attached hydrogens (tertiary/aromatic N) is 2. The van der Waals surface area contributed by atoms with Crippen molar-refractivity contribution in [1.82, 2.24) is 9.97 Å². The van der Waals surface area contributed by atoms with Crippen LogP contribution in [0.3, 0.4) is 0 Å². The number of nitrogens with two attached hydrogens (primary N) is 1. The van der Waals surface area contributed by atoms with Gasteiger partial charge in [-0.05, 0) is 56.8 Å². The van der Waals surface area contributed by atoms with Crippen molar-refractivity contribution in [2.45, 2.75) is 33.3 Å². The first-order valence-corrected chi connectivity index (χ1v) is 8.44. The molecule has 0 spiro atoms. The number of carbonyl (C=O) groups is 1. The Morgan fingerprint density at radius 2 is 1.85 bits per heavy atom. The highest BCUT2D eigenvalue weighted by atomic mass is 19.1. The number of anilines is 2. The molecule has 1 aromatic carbocycles. The summed E-state index contributed by atoms with van der Waals surface area (Å²) in [6, 6.07) is 4.79. The number of amides is 1. The van der Waals surface area contributed by atoms with Crippen molar-refractivity contribution in [3.8, 4) is 11.1 Å². The van der Waals surface area contributed by atoms with Gasteiger partial charge in [0.05, 0.1) is 11.9 Å². The maximum absolute atomic E-state index is 14.7. The minimum Gasteiger partial charge on any atom is -0.444 e. The molecular formula is C20H21FN4O2. The van der Waals surface area contributed by atoms with E-state index in [1.165, 1.54) is 18.5 Å². The number of benzene rings is 1. The topological polar surface area (TPSA) is 90.1 Å². The molecule has 0 aliphatic rings. The minimum absolute atomic E-state index is 0.357. The van der Waals surface area contributed by atoms with Crippen LogP contribution in [-0.2, 0) is 4.74 Å². The maximum Gasteiger partial charge on any atom is 0.412 e. The molecule has 27 heavy (non-hydrogen) atoms. The van der Waals surface area contributed by atoms with E-state index in [-0.39, 0.29) is 0 Å². The number of nitrogen functional groups attached to an aromatic ring is 1. The number of pyridine rings is 2. The molecule has 0 saturated carbocycles. The van der Waals surface area contributed by atoms with Crippen molar-refractivity contribution in [3.63, 3.8) is 0 Å². The summed E-state index contributed by atoms with van der Waals surface area (Å²) in [5.41, 5.74) is 7.17. The Hall–Kier alpha value is -3.22. The predicted octanol–water partition coefficient (Wildman–Crippen LogP) is 4.67. The van der Waals surface area contributed by atoms with E-state index in [1.54, 1.807) is 46.0 Å². The molecular weight excluding hydrogens is 347 g/mol. The van der Waals surface area contributed by atoms with Gasteiger partial charge < -0.3 is 10.5 Å². The fourth-order valence-corrected chi connectivity index (χ4v) is 2.73. The van der Waals surface area contributed by atoms with E-state index in [0.717, 1.165) is 5.39 Å². The zero-order valence-electron chi connectivity index (χ0n) is 15.6. The number of rotatable bonds is 2. The molecule has 0 atom stereocenters. The quantitative estimate of drug-likeness (QED) is 0.686. The molecule has 2 heterocycles. The molecule has 3 rings (SSSR count). The molecule has 3 N–H and O–H groups in total. The highest BCUT2D eigenvalue weighted by molar-refractivity contribution is 5.91. The maximum atomic E-state index is 14.7. The zero-order valence-corrected chi connectivity index (χ0v) is 15.6. The van der Waals surface area contributed by atoms with E-state index in [0.29, 0.717) is 33.6 Å². The highest BCUT2D eigenvalue weighted by Crippen LogP contribution is 2.32. The van der Waals surface area contributed by atoms with Crippen LogP contribution < -0.4 is 11.1 Å². The molecule has 6 nitrogen and oxygen atoms in total. The first-order valence-electron chi connectivity index (χ1n) is 8.44. The van der Waals surface area contributed by atoms with Crippen LogP contribution in [0.15, 0.2) is 36.8 Å². The lowest BCUT2D eigenvalue weighted by Gasteiger charge is -2.20. The van der Waals surface area contributed by atoms with Gasteiger partial charge in [0.15, 0.2) is 0 Å². The Bertz CT molecular complexity index is 1030. The lowest BCUT2D eigenvalue weighted by Crippen LogP contribution is -2.27. The first kappa shape index (κ1) is 18.6. The lowest BCUT2D eigenvalue weighted by molar-refractivity contribution is 0.0635. The summed E-state index contributed by atoms with van der Waals surface area (Å²) < 4.78 is 20.0. The third-order valence-electron chi connectivity index (χ3n) is 3.97. The summed E-state index contributed by atoms with van der Waals surface area (Å²) in [6.07, 6.45) is 4.00. The molecule has 0 aliphatic heterocycles. The number of nitrogens with one attached hydrogen (secondary N) is 1. The molecule has 0 bridgehead atoms. The second-order valence-electron chi connectivity index (χ2n) is 7.27. The van der Waals surface area contributed by atoms with Gasteiger partial charge in [-0.2, -0.15) is 0 Å². The lowest BCUT2D eigenvalue weighted by atomic mass is 9.98. The standard InChI is InChI=1S/C20H21FN4O2/c1-11-15(9-23-10-17(11)25-19(26)27-20(2,3)4)14-5-12-7-18(22)24-8-13(12)6-16(14)21/h5-10H,1-4H3,(H2,22,24)(H,25,26). The number of carbonyl (C=O) groups excluding carboxylic acids is 1. The number of aromatic nitrogens is 2. The summed E-state index contributed by atoms with van der Waals surface area (Å²) in [5, 5.41) is 4.09. The van der Waals surface area contributed by atoms with Gasteiger partial charge in [-0.1, -0.05) is 0 Å². The Labute approximate surface area is 156 Å². The molecule has 2 aromatic heterocycles. The van der Waals surface area contributed by atoms with Crippen molar-refractivity contribution in [3.05, 3.63) is 48.2 Å². The molecule has 7 heteroatoms. The van der Waals surface area contributed by atoms with E-state index < -0.39 is 17.5 Å². The van der Waals surface area contributed by atoms with E-state index in [4.69, 9.17) is 10.5 Å². The summed E-state index contributed by atoms with van der Waals surface area (Å²) >= 11 is 0. The van der Waals surface area contributed by atoms with Crippen LogP contribution in [0.4, 0.5) is 20.7 Å². The van der Waals surface area contributed by atoms with Crippen molar-refractivity contribution >= 4 is 28.4 Å². The highest BCUT2D eigenvalue weighted by Gasteiger charge is 2.18. The number of halogens is 1. The molecule has 1 amide bonds. The largest absolute Gasteiger partial charge is 0.444 e. The Morgan fingerprint density at radius 1 is 1.11 bits per heavy atom. The Morgan fingerprint density at radius 3 is 2.56 bits per heavy atom. The van der Waals surface area contributed by atoms with Crippen LogP contribution in [0, 0.1) is 12.7 Å². The van der Waals surface area contributed by atoms with Crippen molar-refractivity contribution in [2.75, 3.05) is 11.1 Å². The van der Waals surface area contributed by atoms with E-state index in [2.05, 4.69) is 15.3 Å². The number of ether oxygens (including phenoxy) is 1. The van der Waals surface area contributed by atoms with Gasteiger partial charge in [-0.15, -0.1) is 0 Å². The average Bonchev–Trinajstić information content (AvgIpc) is 2.55. The van der Waals surface area contributed by atoms with Crippen LogP contribution in [0.2, 0.25) is 0 Å². The fourth-order valence-electron chi connectivity index (χ4n) is 2.73. The summed E-state index contributed by atoms with van der Waals surface area (Å²) in [5.74, 6) is -0.0522. The van der Waals surface area contributed by atoms with Crippen LogP contribution >= 0.6 is 0 Å². The van der Waals surface area contributed by atoms with Gasteiger partial charge in [-0.25, -0.2) is 14.2 Å². The Kier molecular flexibility index (Phi) is 4.70. The predicted molar refractivity (Wildman–Crippen MR) is 104 cm³/mol. The molecule has 0 fully saturated rings. The molecule has 140 valence electrons. The van der Waals surface area contributed by atoms with E-state index >= 15 is 0 Å². The van der Waals surface area contributed by atoms with E-state index in [1.807, 2.05) is 0 Å². The summed E-state index contributed by atoms with van der Waals surface area (Å²) in [7, 11) is 0. The van der Waals surface area contributed by atoms with Crippen molar-refractivity contribution in [2.24, 2.45) is 0 Å². The Balaban J connectivity index is 2.02. The van der Waals surface area contributed by atoms with Gasteiger partial charge in [-0.3, -0.25) is 10.3 Å². The number of hydrogen-bond donors (Lipinski definition) is 2. The normalized spacial score (nSPS) is 11.4. The monoisotopic (exact) mass is 368 g/mol. The first-order chi connectivity index (χ1) is 12.6. The SMILES string of the molecule is Cc1c(NC(=O)OC(C)(C)C)cncc1-c1cc2cc(N)ncc2cc1F. The minimum atomic E-state index is -0.624. The molecule has 0 saturated heterocycles.